The van der Waals surface area contributed by atoms with Crippen molar-refractivity contribution in [3.05, 3.63) is 11.7 Å². The third-order valence-corrected chi connectivity index (χ3v) is 2.23. The molecule has 14 heavy (non-hydrogen) atoms. The minimum atomic E-state index is 0.273. The van der Waals surface area contributed by atoms with Crippen molar-refractivity contribution in [1.82, 2.24) is 10.1 Å². The smallest absolute Gasteiger partial charge is 0.227 e. The lowest BCUT2D eigenvalue weighted by atomic mass is 10.1. The Morgan fingerprint density at radius 2 is 2.50 bits per heavy atom. The lowest BCUT2D eigenvalue weighted by Crippen LogP contribution is -1.99. The van der Waals surface area contributed by atoms with Crippen molar-refractivity contribution in [2.24, 2.45) is 0 Å². The van der Waals surface area contributed by atoms with E-state index in [9.17, 15) is 0 Å². The number of hydrogen-bond acceptors (Lipinski definition) is 5. The molecule has 5 heteroatoms. The summed E-state index contributed by atoms with van der Waals surface area (Å²) in [5.74, 6) is 1.54. The fourth-order valence-corrected chi connectivity index (χ4v) is 1.44. The molecule has 74 valence electrons. The SMILES string of the molecule is N#CCCc1nc(C2CCOC2)no1. The van der Waals surface area contributed by atoms with E-state index in [1.165, 1.54) is 0 Å². The molecule has 1 fully saturated rings. The van der Waals surface area contributed by atoms with Crippen molar-refractivity contribution < 1.29 is 9.26 Å². The van der Waals surface area contributed by atoms with Gasteiger partial charge in [0.1, 0.15) is 0 Å². The van der Waals surface area contributed by atoms with E-state index in [2.05, 4.69) is 10.1 Å². The zero-order valence-electron chi connectivity index (χ0n) is 7.77. The molecule has 0 saturated carbocycles. The van der Waals surface area contributed by atoms with Crippen molar-refractivity contribution in [2.75, 3.05) is 13.2 Å². The Kier molecular flexibility index (Phi) is 2.75. The summed E-state index contributed by atoms with van der Waals surface area (Å²) in [6, 6.07) is 2.04. The highest BCUT2D eigenvalue weighted by Crippen LogP contribution is 2.22. The molecule has 0 amide bonds. The van der Waals surface area contributed by atoms with E-state index in [1.54, 1.807) is 0 Å². The topological polar surface area (TPSA) is 71.9 Å². The first-order valence-electron chi connectivity index (χ1n) is 4.67. The third kappa shape index (κ3) is 1.91. The summed E-state index contributed by atoms with van der Waals surface area (Å²) < 4.78 is 10.2. The standard InChI is InChI=1S/C9H11N3O2/c10-4-1-2-8-11-9(12-14-8)7-3-5-13-6-7/h7H,1-3,5-6H2. The Morgan fingerprint density at radius 3 is 3.21 bits per heavy atom. The monoisotopic (exact) mass is 193 g/mol. The predicted molar refractivity (Wildman–Crippen MR) is 46.4 cm³/mol. The number of rotatable bonds is 3. The first-order valence-corrected chi connectivity index (χ1v) is 4.67. The Balaban J connectivity index is 1.98. The molecule has 0 aliphatic carbocycles. The van der Waals surface area contributed by atoms with Crippen molar-refractivity contribution in [3.63, 3.8) is 0 Å². The summed E-state index contributed by atoms with van der Waals surface area (Å²) in [6.07, 6.45) is 1.91. The highest BCUT2D eigenvalue weighted by Gasteiger charge is 2.22. The molecule has 1 aliphatic heterocycles. The maximum absolute atomic E-state index is 8.39. The van der Waals surface area contributed by atoms with Gasteiger partial charge in [-0.25, -0.2) is 0 Å². The van der Waals surface area contributed by atoms with Crippen LogP contribution in [0.25, 0.3) is 0 Å². The van der Waals surface area contributed by atoms with Gasteiger partial charge in [0.15, 0.2) is 5.82 Å². The molecular formula is C9H11N3O2. The minimum absolute atomic E-state index is 0.273. The van der Waals surface area contributed by atoms with Crippen LogP contribution in [0.5, 0.6) is 0 Å². The molecule has 2 heterocycles. The van der Waals surface area contributed by atoms with Gasteiger partial charge in [-0.05, 0) is 6.42 Å². The van der Waals surface area contributed by atoms with E-state index in [0.29, 0.717) is 25.3 Å². The van der Waals surface area contributed by atoms with Crippen LogP contribution in [0.4, 0.5) is 0 Å². The normalized spacial score (nSPS) is 20.9. The average Bonchev–Trinajstić information content (AvgIpc) is 2.85. The van der Waals surface area contributed by atoms with Crippen molar-refractivity contribution >= 4 is 0 Å². The highest BCUT2D eigenvalue weighted by molar-refractivity contribution is 4.98. The molecule has 0 aromatic carbocycles. The van der Waals surface area contributed by atoms with Gasteiger partial charge in [0, 0.05) is 25.4 Å². The molecule has 0 spiro atoms. The van der Waals surface area contributed by atoms with Crippen molar-refractivity contribution in [2.45, 2.75) is 25.2 Å². The number of hydrogen-bond donors (Lipinski definition) is 0. The van der Waals surface area contributed by atoms with Crippen LogP contribution in [-0.2, 0) is 11.2 Å². The van der Waals surface area contributed by atoms with Gasteiger partial charge in [-0.1, -0.05) is 5.16 Å². The van der Waals surface area contributed by atoms with E-state index in [-0.39, 0.29) is 5.92 Å². The molecule has 1 atom stereocenters. The molecular weight excluding hydrogens is 182 g/mol. The molecule has 2 rings (SSSR count). The molecule has 1 unspecified atom stereocenters. The second kappa shape index (κ2) is 4.20. The Labute approximate surface area is 81.7 Å². The fraction of sp³-hybridized carbons (Fsp3) is 0.667. The lowest BCUT2D eigenvalue weighted by Gasteiger charge is -1.97. The molecule has 5 nitrogen and oxygen atoms in total. The van der Waals surface area contributed by atoms with E-state index in [0.717, 1.165) is 18.9 Å². The minimum Gasteiger partial charge on any atom is -0.381 e. The molecule has 0 bridgehead atoms. The van der Waals surface area contributed by atoms with E-state index in [4.69, 9.17) is 14.5 Å². The van der Waals surface area contributed by atoms with Gasteiger partial charge in [0.05, 0.1) is 12.7 Å². The predicted octanol–water partition coefficient (Wildman–Crippen LogP) is 1.03. The zero-order chi connectivity index (χ0) is 9.80. The number of nitrogens with zero attached hydrogens (tertiary/aromatic N) is 3. The van der Waals surface area contributed by atoms with Gasteiger partial charge in [0.2, 0.25) is 5.89 Å². The first kappa shape index (κ1) is 9.16. The molecule has 1 aromatic rings. The third-order valence-electron chi connectivity index (χ3n) is 2.23. The summed E-state index contributed by atoms with van der Waals surface area (Å²) in [6.45, 7) is 1.45. The summed E-state index contributed by atoms with van der Waals surface area (Å²) in [7, 11) is 0. The van der Waals surface area contributed by atoms with E-state index >= 15 is 0 Å². The zero-order valence-corrected chi connectivity index (χ0v) is 7.77. The van der Waals surface area contributed by atoms with Crippen LogP contribution in [0.1, 0.15) is 30.5 Å². The number of aromatic nitrogens is 2. The molecule has 1 saturated heterocycles. The van der Waals surface area contributed by atoms with Crippen LogP contribution in [-0.4, -0.2) is 23.4 Å². The van der Waals surface area contributed by atoms with Gasteiger partial charge in [0.25, 0.3) is 0 Å². The van der Waals surface area contributed by atoms with Crippen LogP contribution >= 0.6 is 0 Å². The average molecular weight is 193 g/mol. The quantitative estimate of drug-likeness (QED) is 0.716. The number of ether oxygens (including phenoxy) is 1. The second-order valence-electron chi connectivity index (χ2n) is 3.26. The maximum Gasteiger partial charge on any atom is 0.227 e. The molecule has 0 radical (unpaired) electrons. The Hall–Kier alpha value is -1.41. The van der Waals surface area contributed by atoms with Gasteiger partial charge in [-0.2, -0.15) is 10.2 Å². The van der Waals surface area contributed by atoms with Crippen LogP contribution in [0, 0.1) is 11.3 Å². The summed E-state index contributed by atoms with van der Waals surface area (Å²) in [5, 5.41) is 12.3. The van der Waals surface area contributed by atoms with Crippen LogP contribution in [0.3, 0.4) is 0 Å². The van der Waals surface area contributed by atoms with Gasteiger partial charge in [-0.15, -0.1) is 0 Å². The van der Waals surface area contributed by atoms with Crippen LogP contribution < -0.4 is 0 Å². The number of aryl methyl sites for hydroxylation is 1. The Bertz CT molecular complexity index is 336. The molecule has 1 aliphatic rings. The van der Waals surface area contributed by atoms with E-state index < -0.39 is 0 Å². The highest BCUT2D eigenvalue weighted by atomic mass is 16.5. The summed E-state index contributed by atoms with van der Waals surface area (Å²) in [4.78, 5) is 4.22. The second-order valence-corrected chi connectivity index (χ2v) is 3.26. The van der Waals surface area contributed by atoms with Crippen LogP contribution in [0.15, 0.2) is 4.52 Å². The Morgan fingerprint density at radius 1 is 1.57 bits per heavy atom. The van der Waals surface area contributed by atoms with Crippen molar-refractivity contribution in [1.29, 1.82) is 5.26 Å². The lowest BCUT2D eigenvalue weighted by molar-refractivity contribution is 0.192. The van der Waals surface area contributed by atoms with Gasteiger partial charge < -0.3 is 9.26 Å². The van der Waals surface area contributed by atoms with E-state index in [1.807, 2.05) is 6.07 Å². The number of nitriles is 1. The fourth-order valence-electron chi connectivity index (χ4n) is 1.44. The summed E-state index contributed by atoms with van der Waals surface area (Å²) in [5.41, 5.74) is 0. The van der Waals surface area contributed by atoms with Gasteiger partial charge in [-0.3, -0.25) is 0 Å². The van der Waals surface area contributed by atoms with Crippen LogP contribution in [0.2, 0.25) is 0 Å². The van der Waals surface area contributed by atoms with Crippen molar-refractivity contribution in [3.8, 4) is 6.07 Å². The molecule has 0 N–H and O–H groups in total. The largest absolute Gasteiger partial charge is 0.381 e. The molecule has 1 aromatic heterocycles. The summed E-state index contributed by atoms with van der Waals surface area (Å²) >= 11 is 0. The van der Waals surface area contributed by atoms with Gasteiger partial charge >= 0.3 is 0 Å². The maximum atomic E-state index is 8.39. The first-order chi connectivity index (χ1) is 6.90.